The molecule has 1 fully saturated rings. The summed E-state index contributed by atoms with van der Waals surface area (Å²) in [4.78, 5) is 5.03. The quantitative estimate of drug-likeness (QED) is 0.814. The van der Waals surface area contributed by atoms with Crippen molar-refractivity contribution >= 4 is 0 Å². The highest BCUT2D eigenvalue weighted by Gasteiger charge is 2.35. The van der Waals surface area contributed by atoms with Gasteiger partial charge in [0, 0.05) is 31.3 Å². The van der Waals surface area contributed by atoms with Gasteiger partial charge in [0.25, 0.3) is 0 Å². The molecule has 1 rings (SSSR count). The summed E-state index contributed by atoms with van der Waals surface area (Å²) < 4.78 is 0. The van der Waals surface area contributed by atoms with Gasteiger partial charge in [-0.3, -0.25) is 4.90 Å². The Hall–Kier alpha value is -0.120. The molecule has 0 amide bonds. The molecule has 0 spiro atoms. The van der Waals surface area contributed by atoms with Crippen LogP contribution in [0.1, 0.15) is 40.5 Å². The summed E-state index contributed by atoms with van der Waals surface area (Å²) in [5, 5.41) is 9.27. The van der Waals surface area contributed by atoms with Gasteiger partial charge in [-0.15, -0.1) is 0 Å². The number of nitrogens with zero attached hydrogens (tertiary/aromatic N) is 2. The van der Waals surface area contributed by atoms with Gasteiger partial charge in [0.1, 0.15) is 0 Å². The Kier molecular flexibility index (Phi) is 5.42. The largest absolute Gasteiger partial charge is 0.396 e. The second-order valence-electron chi connectivity index (χ2n) is 6.54. The molecule has 1 unspecified atom stereocenters. The summed E-state index contributed by atoms with van der Waals surface area (Å²) >= 11 is 0. The molecule has 3 heteroatoms. The molecule has 1 saturated heterocycles. The van der Waals surface area contributed by atoms with E-state index in [0.29, 0.717) is 18.6 Å². The molecule has 0 saturated carbocycles. The third-order valence-electron chi connectivity index (χ3n) is 3.87. The zero-order valence-electron chi connectivity index (χ0n) is 12.2. The fourth-order valence-corrected chi connectivity index (χ4v) is 2.84. The van der Waals surface area contributed by atoms with Crippen molar-refractivity contribution in [3.8, 4) is 0 Å². The molecule has 1 heterocycles. The number of likely N-dealkylation sites (N-methyl/N-ethyl adjacent to an activating group) is 1. The van der Waals surface area contributed by atoms with Crippen molar-refractivity contribution in [2.24, 2.45) is 5.92 Å². The van der Waals surface area contributed by atoms with E-state index < -0.39 is 0 Å². The van der Waals surface area contributed by atoms with E-state index in [2.05, 4.69) is 44.5 Å². The van der Waals surface area contributed by atoms with Crippen LogP contribution < -0.4 is 0 Å². The lowest BCUT2D eigenvalue weighted by atomic mass is 9.94. The van der Waals surface area contributed by atoms with Crippen LogP contribution in [-0.2, 0) is 0 Å². The lowest BCUT2D eigenvalue weighted by Crippen LogP contribution is -2.52. The zero-order chi connectivity index (χ0) is 13.1. The van der Waals surface area contributed by atoms with E-state index in [9.17, 15) is 5.11 Å². The number of hydrogen-bond donors (Lipinski definition) is 1. The molecule has 0 bridgehead atoms. The number of aliphatic hydroxyl groups is 1. The van der Waals surface area contributed by atoms with E-state index in [1.54, 1.807) is 0 Å². The highest BCUT2D eigenvalue weighted by atomic mass is 16.3. The first-order chi connectivity index (χ1) is 7.86. The molecule has 0 radical (unpaired) electrons. The molecule has 102 valence electrons. The van der Waals surface area contributed by atoms with Crippen LogP contribution in [0.4, 0.5) is 0 Å². The topological polar surface area (TPSA) is 26.7 Å². The predicted octanol–water partition coefficient (Wildman–Crippen LogP) is 1.81. The van der Waals surface area contributed by atoms with Gasteiger partial charge in [-0.05, 0) is 46.2 Å². The molecule has 17 heavy (non-hydrogen) atoms. The average Bonchev–Trinajstić information content (AvgIpc) is 2.30. The van der Waals surface area contributed by atoms with E-state index in [1.807, 2.05) is 0 Å². The van der Waals surface area contributed by atoms with Gasteiger partial charge in [-0.25, -0.2) is 0 Å². The van der Waals surface area contributed by atoms with Crippen LogP contribution in [0.5, 0.6) is 0 Å². The minimum absolute atomic E-state index is 0.245. The molecule has 1 atom stereocenters. The Bertz CT molecular complexity index is 228. The first-order valence-corrected chi connectivity index (χ1v) is 6.93. The standard InChI is InChI=1S/C14H30N2O/c1-12(2)10-16-13(6-9-17)11-15(5)8-7-14(16,3)4/h12-13,17H,6-11H2,1-5H3. The van der Waals surface area contributed by atoms with E-state index in [0.717, 1.165) is 26.1 Å². The molecule has 0 aromatic carbocycles. The van der Waals surface area contributed by atoms with Gasteiger partial charge in [0.05, 0.1) is 0 Å². The van der Waals surface area contributed by atoms with Gasteiger partial charge in [-0.2, -0.15) is 0 Å². The van der Waals surface area contributed by atoms with Crippen LogP contribution in [-0.4, -0.2) is 59.8 Å². The summed E-state index contributed by atoms with van der Waals surface area (Å²) in [5.74, 6) is 0.680. The number of hydrogen-bond acceptors (Lipinski definition) is 3. The van der Waals surface area contributed by atoms with Crippen LogP contribution in [0, 0.1) is 5.92 Å². The molecule has 0 aromatic rings. The van der Waals surface area contributed by atoms with Crippen molar-refractivity contribution in [3.05, 3.63) is 0 Å². The van der Waals surface area contributed by atoms with E-state index in [4.69, 9.17) is 0 Å². The van der Waals surface area contributed by atoms with E-state index >= 15 is 0 Å². The normalized spacial score (nSPS) is 27.4. The summed E-state index contributed by atoms with van der Waals surface area (Å²) in [6, 6.07) is 0.491. The van der Waals surface area contributed by atoms with Crippen molar-refractivity contribution in [1.29, 1.82) is 0 Å². The van der Waals surface area contributed by atoms with Crippen LogP contribution in [0.3, 0.4) is 0 Å². The van der Waals surface area contributed by atoms with Crippen molar-refractivity contribution in [3.63, 3.8) is 0 Å². The highest BCUT2D eigenvalue weighted by Crippen LogP contribution is 2.27. The van der Waals surface area contributed by atoms with Gasteiger partial charge < -0.3 is 10.0 Å². The van der Waals surface area contributed by atoms with Gasteiger partial charge >= 0.3 is 0 Å². The molecule has 1 aliphatic rings. The lowest BCUT2D eigenvalue weighted by molar-refractivity contribution is 0.0492. The predicted molar refractivity (Wildman–Crippen MR) is 73.2 cm³/mol. The van der Waals surface area contributed by atoms with Crippen molar-refractivity contribution in [2.45, 2.75) is 52.1 Å². The van der Waals surface area contributed by atoms with Crippen molar-refractivity contribution in [2.75, 3.05) is 33.3 Å². The maximum atomic E-state index is 9.27. The number of rotatable bonds is 4. The third kappa shape index (κ3) is 4.23. The molecule has 0 aliphatic carbocycles. The minimum atomic E-state index is 0.245. The second-order valence-corrected chi connectivity index (χ2v) is 6.54. The van der Waals surface area contributed by atoms with Crippen LogP contribution >= 0.6 is 0 Å². The molecule has 3 nitrogen and oxygen atoms in total. The summed E-state index contributed by atoms with van der Waals surface area (Å²) in [5.41, 5.74) is 0.245. The summed E-state index contributed by atoms with van der Waals surface area (Å²) in [7, 11) is 2.19. The third-order valence-corrected chi connectivity index (χ3v) is 3.87. The van der Waals surface area contributed by atoms with E-state index in [1.165, 1.54) is 6.42 Å². The Labute approximate surface area is 107 Å². The minimum Gasteiger partial charge on any atom is -0.396 e. The fraction of sp³-hybridized carbons (Fsp3) is 1.00. The molecular formula is C14H30N2O. The van der Waals surface area contributed by atoms with Crippen molar-refractivity contribution in [1.82, 2.24) is 9.80 Å². The molecule has 0 aromatic heterocycles. The van der Waals surface area contributed by atoms with E-state index in [-0.39, 0.29) is 5.54 Å². The average molecular weight is 242 g/mol. The second kappa shape index (κ2) is 6.17. The smallest absolute Gasteiger partial charge is 0.0446 e. The SMILES string of the molecule is CC(C)CN1C(CCO)CN(C)CCC1(C)C. The van der Waals surface area contributed by atoms with Gasteiger partial charge in [0.2, 0.25) is 0 Å². The Morgan fingerprint density at radius 2 is 2.00 bits per heavy atom. The zero-order valence-corrected chi connectivity index (χ0v) is 12.2. The van der Waals surface area contributed by atoms with Gasteiger partial charge in [0.15, 0.2) is 0 Å². The monoisotopic (exact) mass is 242 g/mol. The van der Waals surface area contributed by atoms with Crippen LogP contribution in [0.2, 0.25) is 0 Å². The summed E-state index contributed by atoms with van der Waals surface area (Å²) in [6.45, 7) is 12.9. The Morgan fingerprint density at radius 1 is 1.35 bits per heavy atom. The molecular weight excluding hydrogens is 212 g/mol. The maximum Gasteiger partial charge on any atom is 0.0446 e. The first-order valence-electron chi connectivity index (χ1n) is 6.93. The van der Waals surface area contributed by atoms with Gasteiger partial charge in [-0.1, -0.05) is 13.8 Å². The first kappa shape index (κ1) is 14.9. The highest BCUT2D eigenvalue weighted by molar-refractivity contribution is 4.91. The van der Waals surface area contributed by atoms with Crippen molar-refractivity contribution < 1.29 is 5.11 Å². The Balaban J connectivity index is 2.85. The van der Waals surface area contributed by atoms with Crippen LogP contribution in [0.15, 0.2) is 0 Å². The Morgan fingerprint density at radius 3 is 2.53 bits per heavy atom. The molecule has 1 aliphatic heterocycles. The number of aliphatic hydroxyl groups excluding tert-OH is 1. The fourth-order valence-electron chi connectivity index (χ4n) is 2.84. The maximum absolute atomic E-state index is 9.27. The summed E-state index contributed by atoms with van der Waals surface area (Å²) in [6.07, 6.45) is 2.10. The lowest BCUT2D eigenvalue weighted by Gasteiger charge is -2.43. The van der Waals surface area contributed by atoms with Crippen LogP contribution in [0.25, 0.3) is 0 Å². The molecule has 1 N–H and O–H groups in total.